The van der Waals surface area contributed by atoms with Gasteiger partial charge in [0.15, 0.2) is 5.75 Å². The third-order valence-electron chi connectivity index (χ3n) is 3.45. The Balaban J connectivity index is 2.30. The van der Waals surface area contributed by atoms with Crippen LogP contribution in [-0.4, -0.2) is 17.6 Å². The molecular weight excluding hydrogens is 325 g/mol. The average Bonchev–Trinajstić information content (AvgIpc) is 2.54. The normalized spacial score (nSPS) is 12.5. The monoisotopic (exact) mass is 340 g/mol. The zero-order valence-corrected chi connectivity index (χ0v) is 12.9. The summed E-state index contributed by atoms with van der Waals surface area (Å²) in [5.74, 6) is -0.713. The van der Waals surface area contributed by atoms with E-state index in [1.54, 1.807) is 0 Å². The van der Waals surface area contributed by atoms with E-state index in [1.165, 1.54) is 44.5 Å². The van der Waals surface area contributed by atoms with Crippen LogP contribution in [-0.2, 0) is 11.0 Å². The van der Waals surface area contributed by atoms with Gasteiger partial charge in [-0.25, -0.2) is 0 Å². The number of nitrogens with zero attached hydrogens (tertiary/aromatic N) is 1. The Bertz CT molecular complexity index is 800. The van der Waals surface area contributed by atoms with Crippen LogP contribution in [0.15, 0.2) is 47.4 Å². The van der Waals surface area contributed by atoms with Crippen molar-refractivity contribution in [2.75, 3.05) is 12.4 Å². The zero-order chi connectivity index (χ0) is 17.9. The van der Waals surface area contributed by atoms with Crippen LogP contribution in [0.2, 0.25) is 0 Å². The SMILES string of the molecule is COc1cccn(C(C)C(=O)Nc2ccccc2C(F)(F)F)c1=O. The Labute approximate surface area is 135 Å². The Hall–Kier alpha value is -2.77. The minimum absolute atomic E-state index is 0.0350. The summed E-state index contributed by atoms with van der Waals surface area (Å²) in [6.45, 7) is 1.41. The number of nitrogens with one attached hydrogen (secondary N) is 1. The first-order chi connectivity index (χ1) is 11.3. The maximum atomic E-state index is 13.0. The number of rotatable bonds is 4. The van der Waals surface area contributed by atoms with Crippen molar-refractivity contribution in [1.82, 2.24) is 4.57 Å². The standard InChI is InChI=1S/C16H15F3N2O3/c1-10(21-9-5-8-13(24-2)15(21)23)14(22)20-12-7-4-3-6-11(12)16(17,18)19/h3-10H,1-2H3,(H,20,22). The van der Waals surface area contributed by atoms with Gasteiger partial charge in [0, 0.05) is 6.20 Å². The van der Waals surface area contributed by atoms with Crippen molar-refractivity contribution in [3.8, 4) is 5.75 Å². The summed E-state index contributed by atoms with van der Waals surface area (Å²) in [5, 5.41) is 2.22. The number of hydrogen-bond donors (Lipinski definition) is 1. The number of methoxy groups -OCH3 is 1. The van der Waals surface area contributed by atoms with Crippen LogP contribution in [0.25, 0.3) is 0 Å². The van der Waals surface area contributed by atoms with E-state index in [4.69, 9.17) is 4.74 Å². The lowest BCUT2D eigenvalue weighted by molar-refractivity contribution is -0.137. The second kappa shape index (κ2) is 6.77. The van der Waals surface area contributed by atoms with E-state index < -0.39 is 29.2 Å². The van der Waals surface area contributed by atoms with Crippen molar-refractivity contribution in [3.63, 3.8) is 0 Å². The van der Waals surface area contributed by atoms with Gasteiger partial charge in [0.1, 0.15) is 6.04 Å². The highest BCUT2D eigenvalue weighted by molar-refractivity contribution is 5.94. The summed E-state index contributed by atoms with van der Waals surface area (Å²) in [5.41, 5.74) is -1.87. The van der Waals surface area contributed by atoms with Gasteiger partial charge in [-0.05, 0) is 31.2 Å². The Morgan fingerprint density at radius 1 is 1.21 bits per heavy atom. The molecule has 0 fully saturated rings. The van der Waals surface area contributed by atoms with Gasteiger partial charge in [0.05, 0.1) is 18.4 Å². The van der Waals surface area contributed by atoms with Gasteiger partial charge in [-0.1, -0.05) is 12.1 Å². The first kappa shape index (κ1) is 17.6. The molecule has 0 aliphatic rings. The van der Waals surface area contributed by atoms with Gasteiger partial charge in [-0.15, -0.1) is 0 Å². The molecule has 0 bridgehead atoms. The van der Waals surface area contributed by atoms with Crippen molar-refractivity contribution >= 4 is 11.6 Å². The van der Waals surface area contributed by atoms with Gasteiger partial charge in [-0.3, -0.25) is 9.59 Å². The molecular formula is C16H15F3N2O3. The summed E-state index contributed by atoms with van der Waals surface area (Å²) in [7, 11) is 1.31. The molecule has 24 heavy (non-hydrogen) atoms. The number of para-hydroxylation sites is 1. The summed E-state index contributed by atoms with van der Waals surface area (Å²) in [6.07, 6.45) is -3.23. The number of amides is 1. The highest BCUT2D eigenvalue weighted by atomic mass is 19.4. The van der Waals surface area contributed by atoms with Crippen LogP contribution in [0, 0.1) is 0 Å². The molecule has 8 heteroatoms. The number of alkyl halides is 3. The highest BCUT2D eigenvalue weighted by Gasteiger charge is 2.34. The molecule has 0 aliphatic heterocycles. The maximum Gasteiger partial charge on any atom is 0.418 e. The maximum absolute atomic E-state index is 13.0. The van der Waals surface area contributed by atoms with Crippen molar-refractivity contribution in [2.24, 2.45) is 0 Å². The van der Waals surface area contributed by atoms with Crippen molar-refractivity contribution in [2.45, 2.75) is 19.1 Å². The van der Waals surface area contributed by atoms with Gasteiger partial charge in [0.2, 0.25) is 5.91 Å². The number of carbonyl (C=O) groups excluding carboxylic acids is 1. The van der Waals surface area contributed by atoms with Crippen LogP contribution in [0.4, 0.5) is 18.9 Å². The minimum Gasteiger partial charge on any atom is -0.491 e. The van der Waals surface area contributed by atoms with Crippen LogP contribution in [0.1, 0.15) is 18.5 Å². The lowest BCUT2D eigenvalue weighted by Crippen LogP contribution is -2.32. The van der Waals surface area contributed by atoms with E-state index in [0.29, 0.717) is 0 Å². The third-order valence-corrected chi connectivity index (χ3v) is 3.45. The molecule has 1 unspecified atom stereocenters. The first-order valence-corrected chi connectivity index (χ1v) is 6.98. The van der Waals surface area contributed by atoms with Crippen LogP contribution in [0.5, 0.6) is 5.75 Å². The molecule has 1 atom stereocenters. The van der Waals surface area contributed by atoms with Gasteiger partial charge < -0.3 is 14.6 Å². The second-order valence-electron chi connectivity index (χ2n) is 5.00. The van der Waals surface area contributed by atoms with Crippen molar-refractivity contribution in [1.29, 1.82) is 0 Å². The number of halogens is 3. The fourth-order valence-corrected chi connectivity index (χ4v) is 2.15. The molecule has 128 valence electrons. The fraction of sp³-hybridized carbons (Fsp3) is 0.250. The summed E-state index contributed by atoms with van der Waals surface area (Å²) in [4.78, 5) is 24.4. The second-order valence-corrected chi connectivity index (χ2v) is 5.00. The van der Waals surface area contributed by atoms with E-state index in [2.05, 4.69) is 5.32 Å². The number of aromatic nitrogens is 1. The molecule has 1 amide bonds. The van der Waals surface area contributed by atoms with Crippen molar-refractivity contribution in [3.05, 3.63) is 58.5 Å². The topological polar surface area (TPSA) is 60.3 Å². The van der Waals surface area contributed by atoms with Gasteiger partial charge >= 0.3 is 6.18 Å². The quantitative estimate of drug-likeness (QED) is 0.930. The van der Waals surface area contributed by atoms with E-state index in [-0.39, 0.29) is 11.4 Å². The fourth-order valence-electron chi connectivity index (χ4n) is 2.15. The zero-order valence-electron chi connectivity index (χ0n) is 12.9. The molecule has 2 aromatic rings. The van der Waals surface area contributed by atoms with Crippen molar-refractivity contribution < 1.29 is 22.7 Å². The lowest BCUT2D eigenvalue weighted by atomic mass is 10.1. The Morgan fingerprint density at radius 3 is 2.50 bits per heavy atom. The molecule has 0 radical (unpaired) electrons. The Morgan fingerprint density at radius 2 is 1.88 bits per heavy atom. The lowest BCUT2D eigenvalue weighted by Gasteiger charge is -2.18. The molecule has 1 aromatic carbocycles. The molecule has 5 nitrogen and oxygen atoms in total. The number of anilines is 1. The first-order valence-electron chi connectivity index (χ1n) is 6.98. The molecule has 0 aliphatic carbocycles. The third kappa shape index (κ3) is 3.58. The van der Waals surface area contributed by atoms with Crippen LogP contribution >= 0.6 is 0 Å². The van der Waals surface area contributed by atoms with Crippen LogP contribution < -0.4 is 15.6 Å². The largest absolute Gasteiger partial charge is 0.491 e. The average molecular weight is 340 g/mol. The molecule has 1 N–H and O–H groups in total. The Kier molecular flexibility index (Phi) is 4.96. The molecule has 1 aromatic heterocycles. The summed E-state index contributed by atoms with van der Waals surface area (Å²) < 4.78 is 44.9. The summed E-state index contributed by atoms with van der Waals surface area (Å²) >= 11 is 0. The number of hydrogen-bond acceptors (Lipinski definition) is 3. The molecule has 0 saturated heterocycles. The van der Waals surface area contributed by atoms with E-state index in [0.717, 1.165) is 16.7 Å². The molecule has 1 heterocycles. The predicted molar refractivity (Wildman–Crippen MR) is 82.0 cm³/mol. The predicted octanol–water partition coefficient (Wildman–Crippen LogP) is 3.08. The smallest absolute Gasteiger partial charge is 0.418 e. The number of pyridine rings is 1. The molecule has 2 rings (SSSR count). The number of carbonyl (C=O) groups is 1. The summed E-state index contributed by atoms with van der Waals surface area (Å²) in [6, 6.07) is 6.56. The van der Waals surface area contributed by atoms with E-state index in [1.807, 2.05) is 0 Å². The van der Waals surface area contributed by atoms with Crippen LogP contribution in [0.3, 0.4) is 0 Å². The van der Waals surface area contributed by atoms with Gasteiger partial charge in [0.25, 0.3) is 5.56 Å². The van der Waals surface area contributed by atoms with Gasteiger partial charge in [-0.2, -0.15) is 13.2 Å². The molecule has 0 spiro atoms. The molecule has 0 saturated carbocycles. The highest BCUT2D eigenvalue weighted by Crippen LogP contribution is 2.34. The number of benzene rings is 1. The van der Waals surface area contributed by atoms with E-state index >= 15 is 0 Å². The minimum atomic E-state index is -4.60. The van der Waals surface area contributed by atoms with E-state index in [9.17, 15) is 22.8 Å². The number of ether oxygens (including phenoxy) is 1.